The van der Waals surface area contributed by atoms with Crippen molar-refractivity contribution in [2.24, 2.45) is 0 Å². The van der Waals surface area contributed by atoms with Gasteiger partial charge >= 0.3 is 0 Å². The third-order valence-electron chi connectivity index (χ3n) is 9.09. The molecule has 6 rings (SSSR count). The van der Waals surface area contributed by atoms with Crippen molar-refractivity contribution in [3.63, 3.8) is 0 Å². The molecule has 4 heterocycles. The van der Waals surface area contributed by atoms with Gasteiger partial charge in [0, 0.05) is 23.3 Å². The molecule has 0 radical (unpaired) electrons. The molecule has 13 N–H and O–H groups in total. The second-order valence-corrected chi connectivity index (χ2v) is 12.6. The van der Waals surface area contributed by atoms with E-state index in [1.165, 1.54) is 18.2 Å². The van der Waals surface area contributed by atoms with Crippen LogP contribution in [-0.2, 0) is 33.2 Å². The van der Waals surface area contributed by atoms with E-state index in [9.17, 15) is 66.4 Å². The largest absolute Gasteiger partial charge is 0.508 e. The smallest absolute Gasteiger partial charge is 0.229 e. The van der Waals surface area contributed by atoms with Crippen LogP contribution in [-0.4, -0.2) is 178 Å². The van der Waals surface area contributed by atoms with Gasteiger partial charge in [-0.15, -0.1) is 0 Å². The lowest BCUT2D eigenvalue weighted by molar-refractivity contribution is -0.351. The van der Waals surface area contributed by atoms with Crippen molar-refractivity contribution in [3.05, 3.63) is 64.8 Å². The number of ether oxygens (including phenoxy) is 7. The van der Waals surface area contributed by atoms with Gasteiger partial charge in [0.2, 0.25) is 12.6 Å². The Bertz CT molecular complexity index is 1570. The second kappa shape index (κ2) is 15.4. The number of allylic oxidation sites excluding steroid dienone is 2. The lowest BCUT2D eigenvalue weighted by Crippen LogP contribution is -2.63. The standard InChI is InChI=1S/C32H40O20/c33-7-19-22(40)24(42)27(45)31(50-19)48-17-5-11(35)4-16-12(17)6-18(28(47-16)10-1-2-13(36)14(37)3-10)49-32-29(25(43)23(41)20(8-34)51-32)52-30-26(44)21(39)15(38)9-46-30/h1-6,15-16,19-27,29-45H,7-9H2/t15-,16?,19-,20-,21+,22-,23-,24+,25+,26-,27-,29-,30+,31-,32-/m1/s1. The molecule has 0 saturated carbocycles. The zero-order valence-electron chi connectivity index (χ0n) is 26.9. The minimum absolute atomic E-state index is 0.0622. The fourth-order valence-electron chi connectivity index (χ4n) is 6.12. The fourth-order valence-corrected chi connectivity index (χ4v) is 6.12. The predicted octanol–water partition coefficient (Wildman–Crippen LogP) is -4.47. The maximum absolute atomic E-state index is 11.1. The predicted molar refractivity (Wildman–Crippen MR) is 165 cm³/mol. The molecule has 0 bridgehead atoms. The Morgan fingerprint density at radius 3 is 2.00 bits per heavy atom. The van der Waals surface area contributed by atoms with Gasteiger partial charge < -0.3 is 99.5 Å². The van der Waals surface area contributed by atoms with E-state index in [4.69, 9.17) is 33.2 Å². The van der Waals surface area contributed by atoms with E-state index >= 15 is 0 Å². The maximum Gasteiger partial charge on any atom is 0.229 e. The summed E-state index contributed by atoms with van der Waals surface area (Å²) < 4.78 is 40.4. The number of aromatic hydroxyl groups is 2. The van der Waals surface area contributed by atoms with Crippen LogP contribution in [0.4, 0.5) is 0 Å². The Hall–Kier alpha value is -3.58. The highest BCUT2D eigenvalue weighted by molar-refractivity contribution is 5.70. The van der Waals surface area contributed by atoms with Gasteiger partial charge in [0.15, 0.2) is 35.4 Å². The van der Waals surface area contributed by atoms with Crippen LogP contribution in [0.3, 0.4) is 0 Å². The van der Waals surface area contributed by atoms with E-state index in [0.29, 0.717) is 0 Å². The summed E-state index contributed by atoms with van der Waals surface area (Å²) in [5.41, 5.74) is 0.141. The monoisotopic (exact) mass is 744 g/mol. The van der Waals surface area contributed by atoms with Crippen molar-refractivity contribution in [1.29, 1.82) is 0 Å². The summed E-state index contributed by atoms with van der Waals surface area (Å²) in [5, 5.41) is 134. The lowest BCUT2D eigenvalue weighted by Gasteiger charge is -2.45. The molecular formula is C32H40O20. The zero-order valence-corrected chi connectivity index (χ0v) is 26.9. The molecule has 3 saturated heterocycles. The molecule has 4 aliphatic heterocycles. The van der Waals surface area contributed by atoms with Crippen LogP contribution in [0.5, 0.6) is 11.5 Å². The summed E-state index contributed by atoms with van der Waals surface area (Å²) in [7, 11) is 0. The number of hydrogen-bond acceptors (Lipinski definition) is 20. The van der Waals surface area contributed by atoms with E-state index in [1.807, 2.05) is 0 Å². The minimum atomic E-state index is -1.89. The highest BCUT2D eigenvalue weighted by Gasteiger charge is 2.51. The van der Waals surface area contributed by atoms with Gasteiger partial charge in [0.05, 0.1) is 19.8 Å². The molecule has 5 aliphatic rings. The Balaban J connectivity index is 1.38. The Morgan fingerprint density at radius 1 is 0.673 bits per heavy atom. The quantitative estimate of drug-likeness (QED) is 0.106. The summed E-state index contributed by atoms with van der Waals surface area (Å²) in [5.74, 6) is -2.15. The number of hydrogen-bond donors (Lipinski definition) is 13. The third kappa shape index (κ3) is 7.31. The van der Waals surface area contributed by atoms with Crippen molar-refractivity contribution in [2.45, 2.75) is 92.1 Å². The molecule has 52 heavy (non-hydrogen) atoms. The first kappa shape index (κ1) is 38.2. The number of rotatable bonds is 9. The molecule has 1 aliphatic carbocycles. The molecule has 20 heteroatoms. The molecule has 0 aromatic heterocycles. The molecule has 0 spiro atoms. The Kier molecular flexibility index (Phi) is 11.3. The first-order valence-electron chi connectivity index (χ1n) is 16.1. The van der Waals surface area contributed by atoms with Crippen LogP contribution in [0.15, 0.2) is 59.3 Å². The van der Waals surface area contributed by atoms with Crippen LogP contribution in [0.1, 0.15) is 5.56 Å². The lowest BCUT2D eigenvalue weighted by atomic mass is 9.96. The van der Waals surface area contributed by atoms with Gasteiger partial charge in [0.1, 0.15) is 78.7 Å². The molecule has 3 fully saturated rings. The van der Waals surface area contributed by atoms with Crippen molar-refractivity contribution < 1.29 is 99.5 Å². The van der Waals surface area contributed by atoms with E-state index in [2.05, 4.69) is 0 Å². The van der Waals surface area contributed by atoms with Crippen LogP contribution in [0.25, 0.3) is 5.76 Å². The van der Waals surface area contributed by atoms with E-state index in [1.54, 1.807) is 0 Å². The summed E-state index contributed by atoms with van der Waals surface area (Å²) in [6.07, 6.45) is -21.3. The van der Waals surface area contributed by atoms with Crippen molar-refractivity contribution in [3.8, 4) is 11.5 Å². The summed E-state index contributed by atoms with van der Waals surface area (Å²) in [6.45, 7) is -2.06. The van der Waals surface area contributed by atoms with Crippen molar-refractivity contribution >= 4 is 5.76 Å². The maximum atomic E-state index is 11.1. The van der Waals surface area contributed by atoms with E-state index in [-0.39, 0.29) is 28.4 Å². The SMILES string of the molecule is OC[C@H]1O[C@@H](OC2=CC(O)=CC3OC(c4ccc(O)c(O)c4)=C(O[C@@H]4O[C@H](CO)[C@@H](O)[C@H](O)[C@H]4O[C@@H]4OC[C@@H](O)[C@H](O)[C@H]4O)C=C23)[C@H](O)[C@@H](O)[C@@H]1O. The van der Waals surface area contributed by atoms with Crippen molar-refractivity contribution in [2.75, 3.05) is 19.8 Å². The van der Waals surface area contributed by atoms with Gasteiger partial charge in [-0.1, -0.05) is 0 Å². The van der Waals surface area contributed by atoms with E-state index in [0.717, 1.165) is 18.2 Å². The van der Waals surface area contributed by atoms with Crippen molar-refractivity contribution in [1.82, 2.24) is 0 Å². The molecule has 1 unspecified atom stereocenters. The van der Waals surface area contributed by atoms with Crippen LogP contribution >= 0.6 is 0 Å². The minimum Gasteiger partial charge on any atom is -0.508 e. The first-order valence-corrected chi connectivity index (χ1v) is 16.1. The number of aliphatic hydroxyl groups is 11. The Labute approximate surface area is 293 Å². The average molecular weight is 745 g/mol. The molecule has 0 amide bonds. The first-order chi connectivity index (χ1) is 24.7. The molecular weight excluding hydrogens is 704 g/mol. The third-order valence-corrected chi connectivity index (χ3v) is 9.09. The summed E-state index contributed by atoms with van der Waals surface area (Å²) in [4.78, 5) is 0. The van der Waals surface area contributed by atoms with Crippen LogP contribution < -0.4 is 0 Å². The summed E-state index contributed by atoms with van der Waals surface area (Å²) in [6, 6.07) is 3.56. The van der Waals surface area contributed by atoms with Gasteiger partial charge in [-0.05, 0) is 24.3 Å². The molecule has 20 nitrogen and oxygen atoms in total. The molecule has 1 aromatic carbocycles. The highest BCUT2D eigenvalue weighted by atomic mass is 16.8. The summed E-state index contributed by atoms with van der Waals surface area (Å²) >= 11 is 0. The molecule has 1 aromatic rings. The van der Waals surface area contributed by atoms with Gasteiger partial charge in [-0.25, -0.2) is 0 Å². The molecule has 15 atom stereocenters. The van der Waals surface area contributed by atoms with Crippen LogP contribution in [0, 0.1) is 0 Å². The number of aliphatic hydroxyl groups excluding tert-OH is 11. The number of fused-ring (bicyclic) bond motifs is 1. The second-order valence-electron chi connectivity index (χ2n) is 12.6. The van der Waals surface area contributed by atoms with E-state index < -0.39 is 129 Å². The Morgan fingerprint density at radius 2 is 1.33 bits per heavy atom. The van der Waals surface area contributed by atoms with Gasteiger partial charge in [-0.3, -0.25) is 0 Å². The van der Waals surface area contributed by atoms with Gasteiger partial charge in [-0.2, -0.15) is 0 Å². The van der Waals surface area contributed by atoms with Gasteiger partial charge in [0.25, 0.3) is 0 Å². The highest BCUT2D eigenvalue weighted by Crippen LogP contribution is 2.42. The zero-order chi connectivity index (χ0) is 37.6. The topological polar surface area (TPSA) is 328 Å². The average Bonchev–Trinajstić information content (AvgIpc) is 3.12. The number of phenols is 2. The number of benzene rings is 1. The number of phenolic OH excluding ortho intramolecular Hbond substituents is 2. The fraction of sp³-hybridized carbons (Fsp3) is 0.562. The molecule has 288 valence electrons. The van der Waals surface area contributed by atoms with Crippen LogP contribution in [0.2, 0.25) is 0 Å². The normalized spacial score (nSPS) is 40.9.